The number of alkyl halides is 6. The van der Waals surface area contributed by atoms with Crippen molar-refractivity contribution in [3.8, 4) is 11.8 Å². The maximum absolute atomic E-state index is 13.4. The summed E-state index contributed by atoms with van der Waals surface area (Å²) in [6, 6.07) is 1.92. The highest BCUT2D eigenvalue weighted by Gasteiger charge is 2.51. The van der Waals surface area contributed by atoms with Crippen molar-refractivity contribution in [2.45, 2.75) is 16.6 Å². The molecule has 0 amide bonds. The molecule has 2 aromatic rings. The van der Waals surface area contributed by atoms with Gasteiger partial charge in [-0.1, -0.05) is 23.2 Å². The van der Waals surface area contributed by atoms with Gasteiger partial charge in [0.25, 0.3) is 9.84 Å². The number of benzene rings is 1. The van der Waals surface area contributed by atoms with Crippen LogP contribution in [0.1, 0.15) is 11.3 Å². The summed E-state index contributed by atoms with van der Waals surface area (Å²) in [5, 5.41) is 11.2. The van der Waals surface area contributed by atoms with Gasteiger partial charge in [-0.15, -0.1) is 0 Å². The third-order valence-electron chi connectivity index (χ3n) is 4.21. The molecule has 0 bridgehead atoms. The fraction of sp³-hybridized carbons (Fsp3) is 0.375. The first-order valence-electron chi connectivity index (χ1n) is 8.52. The average Bonchev–Trinajstić information content (AvgIpc) is 3.03. The molecule has 1 aromatic heterocycles. The SMILES string of the molecule is CN(CCS(C)(=O)=O)c1c(S(=O)(=O)C(F)(F)F)c(C#N)nn1-c1c(Cl)cc(C(F)(F)F)cc1Cl. The summed E-state index contributed by atoms with van der Waals surface area (Å²) in [7, 11) is -8.97. The van der Waals surface area contributed by atoms with Crippen LogP contribution in [-0.4, -0.2) is 57.7 Å². The Kier molecular flexibility index (Phi) is 7.50. The molecule has 0 unspecified atom stereocenters. The minimum Gasteiger partial charge on any atom is -0.357 e. The number of anilines is 1. The van der Waals surface area contributed by atoms with Crippen LogP contribution in [0.15, 0.2) is 17.0 Å². The predicted octanol–water partition coefficient (Wildman–Crippen LogP) is 3.84. The highest BCUT2D eigenvalue weighted by Crippen LogP contribution is 2.43. The van der Waals surface area contributed by atoms with Crippen LogP contribution in [0.25, 0.3) is 5.69 Å². The molecule has 0 spiro atoms. The van der Waals surface area contributed by atoms with E-state index in [0.717, 1.165) is 18.2 Å². The lowest BCUT2D eigenvalue weighted by atomic mass is 10.2. The van der Waals surface area contributed by atoms with Crippen LogP contribution in [-0.2, 0) is 25.9 Å². The molecule has 0 N–H and O–H groups in total. The van der Waals surface area contributed by atoms with E-state index in [1.54, 1.807) is 0 Å². The monoisotopic (exact) mass is 572 g/mol. The molecule has 2 rings (SSSR count). The van der Waals surface area contributed by atoms with Crippen LogP contribution >= 0.6 is 23.2 Å². The zero-order chi connectivity index (χ0) is 26.4. The van der Waals surface area contributed by atoms with Crippen molar-refractivity contribution in [2.24, 2.45) is 0 Å². The fourth-order valence-corrected chi connectivity index (χ4v) is 4.97. The van der Waals surface area contributed by atoms with Gasteiger partial charge in [-0.2, -0.15) is 36.7 Å². The number of halogens is 8. The van der Waals surface area contributed by atoms with Crippen molar-refractivity contribution in [2.75, 3.05) is 30.5 Å². The second-order valence-corrected chi connectivity index (χ2v) is 11.8. The predicted molar refractivity (Wildman–Crippen MR) is 110 cm³/mol. The molecule has 0 atom stereocenters. The quantitative estimate of drug-likeness (QED) is 0.483. The summed E-state index contributed by atoms with van der Waals surface area (Å²) in [6.07, 6.45) is -4.11. The zero-order valence-corrected chi connectivity index (χ0v) is 20.0. The van der Waals surface area contributed by atoms with Crippen molar-refractivity contribution < 1.29 is 43.2 Å². The van der Waals surface area contributed by atoms with E-state index in [0.29, 0.717) is 16.8 Å². The summed E-state index contributed by atoms with van der Waals surface area (Å²) < 4.78 is 127. The lowest BCUT2D eigenvalue weighted by Gasteiger charge is -2.23. The van der Waals surface area contributed by atoms with Gasteiger partial charge in [-0.3, -0.25) is 0 Å². The van der Waals surface area contributed by atoms with Gasteiger partial charge in [0.1, 0.15) is 21.6 Å². The Hall–Kier alpha value is -2.22. The maximum Gasteiger partial charge on any atom is 0.502 e. The molecule has 0 saturated heterocycles. The number of nitrogens with zero attached hydrogens (tertiary/aromatic N) is 4. The molecule has 0 aliphatic rings. The first-order chi connectivity index (χ1) is 15.2. The van der Waals surface area contributed by atoms with Crippen molar-refractivity contribution in [1.29, 1.82) is 5.26 Å². The number of hydrogen-bond acceptors (Lipinski definition) is 7. The van der Waals surface area contributed by atoms with Gasteiger partial charge in [-0.05, 0) is 12.1 Å². The minimum atomic E-state index is -6.26. The van der Waals surface area contributed by atoms with Gasteiger partial charge in [0.15, 0.2) is 16.4 Å². The van der Waals surface area contributed by atoms with Crippen molar-refractivity contribution in [3.05, 3.63) is 33.4 Å². The highest BCUT2D eigenvalue weighted by molar-refractivity contribution is 7.92. The number of aromatic nitrogens is 2. The molecule has 18 heteroatoms. The summed E-state index contributed by atoms with van der Waals surface area (Å²) in [5.74, 6) is -1.66. The van der Waals surface area contributed by atoms with E-state index < -0.39 is 81.4 Å². The van der Waals surface area contributed by atoms with E-state index in [1.807, 2.05) is 0 Å². The summed E-state index contributed by atoms with van der Waals surface area (Å²) in [4.78, 5) is -0.928. The molecule has 0 aliphatic heterocycles. The van der Waals surface area contributed by atoms with E-state index in [-0.39, 0.29) is 0 Å². The largest absolute Gasteiger partial charge is 0.502 e. The van der Waals surface area contributed by atoms with E-state index in [9.17, 15) is 48.4 Å². The van der Waals surface area contributed by atoms with Gasteiger partial charge in [-0.25, -0.2) is 21.5 Å². The molecule has 34 heavy (non-hydrogen) atoms. The second kappa shape index (κ2) is 9.10. The Balaban J connectivity index is 2.97. The van der Waals surface area contributed by atoms with Gasteiger partial charge >= 0.3 is 11.7 Å². The second-order valence-electron chi connectivity index (χ2n) is 6.81. The fourth-order valence-electron chi connectivity index (χ4n) is 2.66. The third-order valence-corrected chi connectivity index (χ3v) is 7.24. The van der Waals surface area contributed by atoms with Gasteiger partial charge in [0.05, 0.1) is 21.4 Å². The Morgan fingerprint density at radius 1 is 1.09 bits per heavy atom. The summed E-state index contributed by atoms with van der Waals surface area (Å²) in [6.45, 7) is -0.592. The van der Waals surface area contributed by atoms with Crippen LogP contribution in [0, 0.1) is 11.3 Å². The van der Waals surface area contributed by atoms with Gasteiger partial charge in [0.2, 0.25) is 0 Å². The first-order valence-corrected chi connectivity index (χ1v) is 12.8. The Bertz CT molecular complexity index is 1360. The van der Waals surface area contributed by atoms with Crippen molar-refractivity contribution in [3.63, 3.8) is 0 Å². The molecular formula is C16H12Cl2F6N4O4S2. The lowest BCUT2D eigenvalue weighted by molar-refractivity contribution is -0.137. The first kappa shape index (κ1) is 28.0. The lowest BCUT2D eigenvalue weighted by Crippen LogP contribution is -2.30. The smallest absolute Gasteiger partial charge is 0.357 e. The molecule has 0 saturated carbocycles. The average molecular weight is 573 g/mol. The molecule has 1 heterocycles. The maximum atomic E-state index is 13.4. The number of rotatable bonds is 6. The number of sulfone groups is 2. The van der Waals surface area contributed by atoms with E-state index in [4.69, 9.17) is 23.2 Å². The van der Waals surface area contributed by atoms with Crippen LogP contribution in [0.4, 0.5) is 32.2 Å². The third kappa shape index (κ3) is 5.53. The molecule has 188 valence electrons. The van der Waals surface area contributed by atoms with Crippen LogP contribution in [0.5, 0.6) is 0 Å². The molecule has 1 aromatic carbocycles. The molecule has 8 nitrogen and oxygen atoms in total. The standard InChI is InChI=1S/C16H12Cl2F6N4O4S2/c1-27(3-4-33(2,29)30)14-13(34(31,32)16(22,23)24)11(7-25)26-28(14)12-9(17)5-8(6-10(12)18)15(19,20)21/h5-6H,3-4H2,1-2H3. The van der Waals surface area contributed by atoms with Crippen molar-refractivity contribution >= 4 is 48.7 Å². The van der Waals surface area contributed by atoms with E-state index >= 15 is 0 Å². The van der Waals surface area contributed by atoms with E-state index in [1.165, 1.54) is 6.07 Å². The van der Waals surface area contributed by atoms with Crippen molar-refractivity contribution in [1.82, 2.24) is 9.78 Å². The van der Waals surface area contributed by atoms with Crippen LogP contribution in [0.2, 0.25) is 10.0 Å². The molecular weight excluding hydrogens is 561 g/mol. The van der Waals surface area contributed by atoms with Crippen LogP contribution in [0.3, 0.4) is 0 Å². The number of nitriles is 1. The minimum absolute atomic E-state index is 0.351. The summed E-state index contributed by atoms with van der Waals surface area (Å²) in [5.41, 5.74) is -9.18. The Labute approximate surface area is 199 Å². The van der Waals surface area contributed by atoms with Gasteiger partial charge < -0.3 is 4.90 Å². The van der Waals surface area contributed by atoms with E-state index in [2.05, 4.69) is 5.10 Å². The molecule has 0 fully saturated rings. The topological polar surface area (TPSA) is 113 Å². The highest BCUT2D eigenvalue weighted by atomic mass is 35.5. The molecule has 0 radical (unpaired) electrons. The normalized spacial score (nSPS) is 13.1. The number of hydrogen-bond donors (Lipinski definition) is 0. The zero-order valence-electron chi connectivity index (χ0n) is 16.8. The Morgan fingerprint density at radius 2 is 1.59 bits per heavy atom. The molecule has 0 aliphatic carbocycles. The summed E-state index contributed by atoms with van der Waals surface area (Å²) >= 11 is 11.8. The van der Waals surface area contributed by atoms with Gasteiger partial charge in [0, 0.05) is 19.8 Å². The Morgan fingerprint density at radius 3 is 1.97 bits per heavy atom. The van der Waals surface area contributed by atoms with Crippen LogP contribution < -0.4 is 4.90 Å².